The highest BCUT2D eigenvalue weighted by Gasteiger charge is 2.22. The Labute approximate surface area is 93.5 Å². The maximum absolute atomic E-state index is 5.70. The van der Waals surface area contributed by atoms with E-state index >= 15 is 0 Å². The smallest absolute Gasteiger partial charge is 0.224 e. The summed E-state index contributed by atoms with van der Waals surface area (Å²) in [5, 5.41) is 0.928. The van der Waals surface area contributed by atoms with Crippen molar-refractivity contribution >= 4 is 16.6 Å². The average molecular weight is 215 g/mol. The summed E-state index contributed by atoms with van der Waals surface area (Å²) in [5.74, 6) is 1.38. The first kappa shape index (κ1) is 9.39. The van der Waals surface area contributed by atoms with Crippen LogP contribution in [-0.4, -0.2) is 16.6 Å². The molecule has 1 aliphatic carbocycles. The van der Waals surface area contributed by atoms with E-state index in [4.69, 9.17) is 10.5 Å². The van der Waals surface area contributed by atoms with Crippen molar-refractivity contribution < 1.29 is 4.74 Å². The Morgan fingerprint density at radius 2 is 2.19 bits per heavy atom. The highest BCUT2D eigenvalue weighted by molar-refractivity contribution is 5.85. The highest BCUT2D eigenvalue weighted by Crippen LogP contribution is 2.30. The van der Waals surface area contributed by atoms with Gasteiger partial charge in [0.25, 0.3) is 0 Å². The molecule has 0 saturated heterocycles. The molecule has 1 aromatic carbocycles. The molecule has 0 aliphatic heterocycles. The lowest BCUT2D eigenvalue weighted by atomic mass is 10.2. The Kier molecular flexibility index (Phi) is 2.13. The molecule has 4 nitrogen and oxygen atoms in total. The van der Waals surface area contributed by atoms with Crippen LogP contribution in [0.4, 0.5) is 5.69 Å². The molecule has 1 fully saturated rings. The Bertz CT molecular complexity index is 523. The molecule has 0 bridgehead atoms. The minimum Gasteiger partial charge on any atom is -0.477 e. The minimum absolute atomic E-state index is 0.664. The van der Waals surface area contributed by atoms with Gasteiger partial charge in [0.1, 0.15) is 6.33 Å². The minimum atomic E-state index is 0.664. The largest absolute Gasteiger partial charge is 0.477 e. The van der Waals surface area contributed by atoms with Gasteiger partial charge in [-0.2, -0.15) is 0 Å². The molecule has 1 aliphatic rings. The second kappa shape index (κ2) is 3.63. The second-order valence-corrected chi connectivity index (χ2v) is 4.21. The molecule has 0 spiro atoms. The fourth-order valence-electron chi connectivity index (χ4n) is 1.65. The molecule has 1 heterocycles. The molecule has 1 aromatic heterocycles. The lowest BCUT2D eigenvalue weighted by molar-refractivity contribution is 0.292. The normalized spacial score (nSPS) is 15.2. The summed E-state index contributed by atoms with van der Waals surface area (Å²) in [5.41, 5.74) is 7.25. The lowest BCUT2D eigenvalue weighted by Gasteiger charge is -2.06. The quantitative estimate of drug-likeness (QED) is 0.795. The van der Waals surface area contributed by atoms with E-state index in [0.717, 1.165) is 23.4 Å². The first-order valence-electron chi connectivity index (χ1n) is 5.46. The summed E-state index contributed by atoms with van der Waals surface area (Å²) < 4.78 is 5.69. The number of hydrogen-bond acceptors (Lipinski definition) is 4. The van der Waals surface area contributed by atoms with Crippen LogP contribution in [0.15, 0.2) is 24.5 Å². The van der Waals surface area contributed by atoms with Gasteiger partial charge >= 0.3 is 0 Å². The maximum Gasteiger partial charge on any atom is 0.224 e. The Balaban J connectivity index is 1.95. The Hall–Kier alpha value is -1.84. The van der Waals surface area contributed by atoms with E-state index in [1.165, 1.54) is 19.2 Å². The van der Waals surface area contributed by atoms with Crippen LogP contribution in [0.5, 0.6) is 5.88 Å². The highest BCUT2D eigenvalue weighted by atomic mass is 16.5. The standard InChI is InChI=1S/C12H13N3O/c13-9-3-4-10-11(5-9)14-7-15-12(10)16-6-8-1-2-8/h3-5,7-8H,1-2,6,13H2. The number of anilines is 1. The summed E-state index contributed by atoms with van der Waals surface area (Å²) >= 11 is 0. The molecule has 2 N–H and O–H groups in total. The number of nitrogens with two attached hydrogens (primary N) is 1. The van der Waals surface area contributed by atoms with E-state index in [-0.39, 0.29) is 0 Å². The van der Waals surface area contributed by atoms with E-state index in [1.807, 2.05) is 18.2 Å². The summed E-state index contributed by atoms with van der Waals surface area (Å²) in [7, 11) is 0. The third-order valence-corrected chi connectivity index (χ3v) is 2.78. The monoisotopic (exact) mass is 215 g/mol. The van der Waals surface area contributed by atoms with Gasteiger partial charge in [0, 0.05) is 5.69 Å². The molecule has 0 amide bonds. The summed E-state index contributed by atoms with van der Waals surface area (Å²) in [4.78, 5) is 8.34. The number of fused-ring (bicyclic) bond motifs is 1. The van der Waals surface area contributed by atoms with Crippen LogP contribution in [0.3, 0.4) is 0 Å². The Morgan fingerprint density at radius 3 is 3.00 bits per heavy atom. The molecule has 0 atom stereocenters. The van der Waals surface area contributed by atoms with Crippen LogP contribution in [-0.2, 0) is 0 Å². The number of nitrogens with zero attached hydrogens (tertiary/aromatic N) is 2. The van der Waals surface area contributed by atoms with Gasteiger partial charge < -0.3 is 10.5 Å². The number of benzene rings is 1. The molecule has 16 heavy (non-hydrogen) atoms. The molecule has 82 valence electrons. The predicted molar refractivity (Wildman–Crippen MR) is 62.2 cm³/mol. The molecule has 0 unspecified atom stereocenters. The van der Waals surface area contributed by atoms with Gasteiger partial charge in [-0.1, -0.05) is 0 Å². The zero-order valence-corrected chi connectivity index (χ0v) is 8.89. The van der Waals surface area contributed by atoms with Gasteiger partial charge in [-0.25, -0.2) is 9.97 Å². The number of nitrogen functional groups attached to an aromatic ring is 1. The van der Waals surface area contributed by atoms with Gasteiger partial charge in [-0.15, -0.1) is 0 Å². The number of hydrogen-bond donors (Lipinski definition) is 1. The zero-order valence-electron chi connectivity index (χ0n) is 8.89. The van der Waals surface area contributed by atoms with Crippen molar-refractivity contribution in [3.05, 3.63) is 24.5 Å². The number of rotatable bonds is 3. The van der Waals surface area contributed by atoms with Crippen LogP contribution >= 0.6 is 0 Å². The second-order valence-electron chi connectivity index (χ2n) is 4.21. The van der Waals surface area contributed by atoms with Crippen LogP contribution in [0, 0.1) is 5.92 Å². The van der Waals surface area contributed by atoms with Crippen molar-refractivity contribution in [2.75, 3.05) is 12.3 Å². The van der Waals surface area contributed by atoms with Gasteiger partial charge in [-0.05, 0) is 37.0 Å². The molecule has 3 rings (SSSR count). The topological polar surface area (TPSA) is 61.0 Å². The molecule has 0 radical (unpaired) electrons. The molecule has 2 aromatic rings. The van der Waals surface area contributed by atoms with Gasteiger partial charge in [0.05, 0.1) is 17.5 Å². The predicted octanol–water partition coefficient (Wildman–Crippen LogP) is 2.00. The van der Waals surface area contributed by atoms with Crippen LogP contribution < -0.4 is 10.5 Å². The van der Waals surface area contributed by atoms with Gasteiger partial charge in [-0.3, -0.25) is 0 Å². The van der Waals surface area contributed by atoms with E-state index in [9.17, 15) is 0 Å². The summed E-state index contributed by atoms with van der Waals surface area (Å²) in [6.45, 7) is 0.760. The van der Waals surface area contributed by atoms with E-state index in [1.54, 1.807) is 0 Å². The van der Waals surface area contributed by atoms with Crippen molar-refractivity contribution in [2.24, 2.45) is 5.92 Å². The maximum atomic E-state index is 5.70. The van der Waals surface area contributed by atoms with Crippen molar-refractivity contribution in [3.8, 4) is 5.88 Å². The molecular weight excluding hydrogens is 202 g/mol. The fraction of sp³-hybridized carbons (Fsp3) is 0.333. The first-order chi connectivity index (χ1) is 7.83. The van der Waals surface area contributed by atoms with Gasteiger partial charge in [0.2, 0.25) is 5.88 Å². The van der Waals surface area contributed by atoms with E-state index in [0.29, 0.717) is 11.6 Å². The SMILES string of the molecule is Nc1ccc2c(OCC3CC3)ncnc2c1. The van der Waals surface area contributed by atoms with E-state index < -0.39 is 0 Å². The van der Waals surface area contributed by atoms with Crippen LogP contribution in [0.1, 0.15) is 12.8 Å². The number of ether oxygens (including phenoxy) is 1. The average Bonchev–Trinajstić information content (AvgIpc) is 3.09. The third kappa shape index (κ3) is 1.78. The van der Waals surface area contributed by atoms with Crippen LogP contribution in [0.25, 0.3) is 10.9 Å². The fourth-order valence-corrected chi connectivity index (χ4v) is 1.65. The van der Waals surface area contributed by atoms with Crippen LogP contribution in [0.2, 0.25) is 0 Å². The first-order valence-corrected chi connectivity index (χ1v) is 5.46. The summed E-state index contributed by atoms with van der Waals surface area (Å²) in [6.07, 6.45) is 4.07. The zero-order chi connectivity index (χ0) is 11.0. The molecule has 4 heteroatoms. The molecular formula is C12H13N3O. The van der Waals surface area contributed by atoms with Crippen molar-refractivity contribution in [1.82, 2.24) is 9.97 Å². The van der Waals surface area contributed by atoms with Crippen molar-refractivity contribution in [3.63, 3.8) is 0 Å². The Morgan fingerprint density at radius 1 is 1.31 bits per heavy atom. The summed E-state index contributed by atoms with van der Waals surface area (Å²) in [6, 6.07) is 5.59. The van der Waals surface area contributed by atoms with Gasteiger partial charge in [0.15, 0.2) is 0 Å². The van der Waals surface area contributed by atoms with Crippen molar-refractivity contribution in [2.45, 2.75) is 12.8 Å². The van der Waals surface area contributed by atoms with E-state index in [2.05, 4.69) is 9.97 Å². The van der Waals surface area contributed by atoms with Crippen molar-refractivity contribution in [1.29, 1.82) is 0 Å². The lowest BCUT2D eigenvalue weighted by Crippen LogP contribution is -2.01. The number of aromatic nitrogens is 2. The third-order valence-electron chi connectivity index (χ3n) is 2.78. The molecule has 1 saturated carbocycles.